The average molecular weight is 268 g/mol. The Hall–Kier alpha value is -2.55. The molecule has 20 heavy (non-hydrogen) atoms. The van der Waals surface area contributed by atoms with Crippen molar-refractivity contribution in [1.29, 1.82) is 0 Å². The largest absolute Gasteiger partial charge is 0.497 e. The van der Waals surface area contributed by atoms with Crippen molar-refractivity contribution in [1.82, 2.24) is 0 Å². The van der Waals surface area contributed by atoms with Crippen molar-refractivity contribution in [2.24, 2.45) is 0 Å². The number of carbonyl (C=O) groups is 1. The molecule has 0 amide bonds. The number of benzene rings is 2. The van der Waals surface area contributed by atoms with Crippen molar-refractivity contribution >= 4 is 18.1 Å². The van der Waals surface area contributed by atoms with Gasteiger partial charge in [-0.05, 0) is 23.3 Å². The Labute approximate surface area is 118 Å². The lowest BCUT2D eigenvalue weighted by molar-refractivity contribution is -0.131. The number of esters is 1. The zero-order chi connectivity index (χ0) is 14.4. The minimum Gasteiger partial charge on any atom is -0.497 e. The fourth-order valence-corrected chi connectivity index (χ4v) is 1.79. The third-order valence-corrected chi connectivity index (χ3v) is 2.67. The van der Waals surface area contributed by atoms with E-state index in [0.29, 0.717) is 11.5 Å². The van der Waals surface area contributed by atoms with E-state index in [-0.39, 0.29) is 5.97 Å². The van der Waals surface area contributed by atoms with Crippen LogP contribution in [0.1, 0.15) is 18.1 Å². The second-order valence-electron chi connectivity index (χ2n) is 4.28. The maximum absolute atomic E-state index is 11.0. The molecule has 0 saturated heterocycles. The predicted molar refractivity (Wildman–Crippen MR) is 79.7 cm³/mol. The van der Waals surface area contributed by atoms with E-state index in [1.807, 2.05) is 48.6 Å². The highest BCUT2D eigenvalue weighted by Crippen LogP contribution is 2.24. The maximum atomic E-state index is 11.0. The number of hydrogen-bond acceptors (Lipinski definition) is 3. The van der Waals surface area contributed by atoms with Crippen LogP contribution in [0.5, 0.6) is 11.5 Å². The third-order valence-electron chi connectivity index (χ3n) is 2.67. The molecule has 0 aromatic heterocycles. The molecule has 2 rings (SSSR count). The SMILES string of the molecule is COc1cc(/C=C/c2ccccc2)cc(OC(C)=O)c1. The highest BCUT2D eigenvalue weighted by atomic mass is 16.5. The lowest BCUT2D eigenvalue weighted by Crippen LogP contribution is -2.01. The van der Waals surface area contributed by atoms with Crippen LogP contribution in [0.25, 0.3) is 12.2 Å². The van der Waals surface area contributed by atoms with E-state index >= 15 is 0 Å². The summed E-state index contributed by atoms with van der Waals surface area (Å²) in [4.78, 5) is 11.0. The smallest absolute Gasteiger partial charge is 0.308 e. The molecule has 0 aliphatic heterocycles. The number of methoxy groups -OCH3 is 1. The Morgan fingerprint density at radius 1 is 0.950 bits per heavy atom. The lowest BCUT2D eigenvalue weighted by atomic mass is 10.1. The molecule has 0 saturated carbocycles. The van der Waals surface area contributed by atoms with Crippen LogP contribution in [0.15, 0.2) is 48.5 Å². The molecule has 2 aromatic carbocycles. The molecule has 0 bridgehead atoms. The molecule has 3 nitrogen and oxygen atoms in total. The first-order valence-corrected chi connectivity index (χ1v) is 6.28. The Morgan fingerprint density at radius 3 is 2.25 bits per heavy atom. The van der Waals surface area contributed by atoms with Crippen LogP contribution in [0.4, 0.5) is 0 Å². The zero-order valence-corrected chi connectivity index (χ0v) is 11.5. The summed E-state index contributed by atoms with van der Waals surface area (Å²) in [6.07, 6.45) is 3.94. The van der Waals surface area contributed by atoms with Crippen molar-refractivity contribution in [2.45, 2.75) is 6.92 Å². The first kappa shape index (κ1) is 13.9. The Kier molecular flexibility index (Phi) is 4.56. The minimum absolute atomic E-state index is 0.351. The Morgan fingerprint density at radius 2 is 1.60 bits per heavy atom. The van der Waals surface area contributed by atoms with Crippen LogP contribution in [0.2, 0.25) is 0 Å². The van der Waals surface area contributed by atoms with Crippen molar-refractivity contribution in [3.63, 3.8) is 0 Å². The molecule has 0 aliphatic rings. The molecule has 0 aliphatic carbocycles. The summed E-state index contributed by atoms with van der Waals surface area (Å²) < 4.78 is 10.3. The van der Waals surface area contributed by atoms with Gasteiger partial charge >= 0.3 is 5.97 Å². The molecule has 0 atom stereocenters. The van der Waals surface area contributed by atoms with Crippen LogP contribution >= 0.6 is 0 Å². The quantitative estimate of drug-likeness (QED) is 0.481. The summed E-state index contributed by atoms with van der Waals surface area (Å²) in [6.45, 7) is 1.37. The molecular weight excluding hydrogens is 252 g/mol. The monoisotopic (exact) mass is 268 g/mol. The summed E-state index contributed by atoms with van der Waals surface area (Å²) in [7, 11) is 1.58. The van der Waals surface area contributed by atoms with Crippen LogP contribution < -0.4 is 9.47 Å². The molecule has 0 heterocycles. The standard InChI is InChI=1S/C17H16O3/c1-13(18)20-17-11-15(10-16(12-17)19-2)9-8-14-6-4-3-5-7-14/h3-12H,1-2H3/b9-8+. The summed E-state index contributed by atoms with van der Waals surface area (Å²) in [5.74, 6) is 0.775. The fourth-order valence-electron chi connectivity index (χ4n) is 1.79. The van der Waals surface area contributed by atoms with Gasteiger partial charge in [-0.1, -0.05) is 42.5 Å². The van der Waals surface area contributed by atoms with E-state index in [1.54, 1.807) is 19.2 Å². The number of rotatable bonds is 4. The van der Waals surface area contributed by atoms with Crippen molar-refractivity contribution in [3.05, 3.63) is 59.7 Å². The molecule has 0 unspecified atom stereocenters. The number of ether oxygens (including phenoxy) is 2. The molecule has 0 N–H and O–H groups in total. The van der Waals surface area contributed by atoms with E-state index in [2.05, 4.69) is 0 Å². The van der Waals surface area contributed by atoms with Gasteiger partial charge in [0.2, 0.25) is 0 Å². The van der Waals surface area contributed by atoms with Gasteiger partial charge < -0.3 is 9.47 Å². The molecule has 0 fully saturated rings. The predicted octanol–water partition coefficient (Wildman–Crippen LogP) is 3.79. The lowest BCUT2D eigenvalue weighted by Gasteiger charge is -2.06. The van der Waals surface area contributed by atoms with Gasteiger partial charge in [-0.15, -0.1) is 0 Å². The Bertz CT molecular complexity index is 615. The van der Waals surface area contributed by atoms with E-state index in [0.717, 1.165) is 11.1 Å². The summed E-state index contributed by atoms with van der Waals surface area (Å²) in [5, 5.41) is 0. The second-order valence-corrected chi connectivity index (χ2v) is 4.28. The van der Waals surface area contributed by atoms with E-state index in [4.69, 9.17) is 9.47 Å². The van der Waals surface area contributed by atoms with Gasteiger partial charge in [0.1, 0.15) is 11.5 Å². The van der Waals surface area contributed by atoms with Crippen molar-refractivity contribution < 1.29 is 14.3 Å². The summed E-state index contributed by atoms with van der Waals surface area (Å²) in [6, 6.07) is 15.3. The summed E-state index contributed by atoms with van der Waals surface area (Å²) in [5.41, 5.74) is 2.01. The molecule has 2 aromatic rings. The molecule has 3 heteroatoms. The molecule has 0 spiro atoms. The Balaban J connectivity index is 2.26. The van der Waals surface area contributed by atoms with E-state index in [9.17, 15) is 4.79 Å². The van der Waals surface area contributed by atoms with Gasteiger partial charge in [-0.3, -0.25) is 4.79 Å². The van der Waals surface area contributed by atoms with Crippen LogP contribution in [0, 0.1) is 0 Å². The minimum atomic E-state index is -0.351. The highest BCUT2D eigenvalue weighted by Gasteiger charge is 2.03. The second kappa shape index (κ2) is 6.57. The third kappa shape index (κ3) is 3.99. The number of carbonyl (C=O) groups excluding carboxylic acids is 1. The average Bonchev–Trinajstić information content (AvgIpc) is 2.45. The van der Waals surface area contributed by atoms with Crippen LogP contribution in [-0.2, 0) is 4.79 Å². The van der Waals surface area contributed by atoms with Gasteiger partial charge in [0.15, 0.2) is 0 Å². The first-order valence-electron chi connectivity index (χ1n) is 6.28. The molecule has 102 valence electrons. The van der Waals surface area contributed by atoms with Gasteiger partial charge in [-0.25, -0.2) is 0 Å². The van der Waals surface area contributed by atoms with Crippen molar-refractivity contribution in [3.8, 4) is 11.5 Å². The highest BCUT2D eigenvalue weighted by molar-refractivity contribution is 5.73. The van der Waals surface area contributed by atoms with Crippen LogP contribution in [0.3, 0.4) is 0 Å². The first-order chi connectivity index (χ1) is 9.67. The van der Waals surface area contributed by atoms with Crippen molar-refractivity contribution in [2.75, 3.05) is 7.11 Å². The normalized spacial score (nSPS) is 10.5. The fraction of sp³-hybridized carbons (Fsp3) is 0.118. The molecular formula is C17H16O3. The van der Waals surface area contributed by atoms with Gasteiger partial charge in [-0.2, -0.15) is 0 Å². The summed E-state index contributed by atoms with van der Waals surface area (Å²) >= 11 is 0. The van der Waals surface area contributed by atoms with Crippen LogP contribution in [-0.4, -0.2) is 13.1 Å². The maximum Gasteiger partial charge on any atom is 0.308 e. The zero-order valence-electron chi connectivity index (χ0n) is 11.5. The van der Waals surface area contributed by atoms with Gasteiger partial charge in [0.25, 0.3) is 0 Å². The topological polar surface area (TPSA) is 35.5 Å². The number of hydrogen-bond donors (Lipinski definition) is 0. The van der Waals surface area contributed by atoms with Gasteiger partial charge in [0.05, 0.1) is 7.11 Å². The van der Waals surface area contributed by atoms with Gasteiger partial charge in [0, 0.05) is 13.0 Å². The van der Waals surface area contributed by atoms with E-state index in [1.165, 1.54) is 6.92 Å². The van der Waals surface area contributed by atoms with E-state index < -0.39 is 0 Å². The molecule has 0 radical (unpaired) electrons.